The number of carbonyl (C=O) groups excluding carboxylic acids is 1. The van der Waals surface area contributed by atoms with Crippen LogP contribution >= 0.6 is 22.6 Å². The summed E-state index contributed by atoms with van der Waals surface area (Å²) in [5.41, 5.74) is 0.976. The molecule has 0 aromatic heterocycles. The van der Waals surface area contributed by atoms with Crippen molar-refractivity contribution in [1.29, 1.82) is 0 Å². The van der Waals surface area contributed by atoms with E-state index in [4.69, 9.17) is 8.92 Å². The van der Waals surface area contributed by atoms with Gasteiger partial charge in [-0.3, -0.25) is 8.98 Å². The molecular formula is C21H33IO5S. The number of rotatable bonds is 13. The van der Waals surface area contributed by atoms with Gasteiger partial charge in [0.2, 0.25) is 0 Å². The Balaban J connectivity index is 2.98. The van der Waals surface area contributed by atoms with Crippen LogP contribution in [-0.2, 0) is 23.8 Å². The van der Waals surface area contributed by atoms with Gasteiger partial charge in [-0.15, -0.1) is 0 Å². The first-order valence-corrected chi connectivity index (χ1v) is 12.8. The highest BCUT2D eigenvalue weighted by Gasteiger charge is 2.30. The van der Waals surface area contributed by atoms with E-state index in [2.05, 4.69) is 36.4 Å². The van der Waals surface area contributed by atoms with Gasteiger partial charge in [0.1, 0.15) is 12.2 Å². The molecule has 0 spiro atoms. The summed E-state index contributed by atoms with van der Waals surface area (Å²) < 4.78 is 37.6. The Bertz CT molecular complexity index is 685. The van der Waals surface area contributed by atoms with Crippen LogP contribution in [-0.4, -0.2) is 31.0 Å². The zero-order chi connectivity index (χ0) is 21.2. The third-order valence-corrected chi connectivity index (χ3v) is 6.55. The van der Waals surface area contributed by atoms with Crippen LogP contribution in [0.1, 0.15) is 64.9 Å². The van der Waals surface area contributed by atoms with Crippen molar-refractivity contribution < 1.29 is 22.1 Å². The maximum absolute atomic E-state index is 12.8. The average Bonchev–Trinajstić information content (AvgIpc) is 2.61. The predicted octanol–water partition coefficient (Wildman–Crippen LogP) is 5.43. The molecule has 5 nitrogen and oxygen atoms in total. The first-order chi connectivity index (χ1) is 13.2. The molecule has 1 aromatic rings. The normalized spacial score (nSPS) is 14.1. The molecule has 0 bridgehead atoms. The number of unbranched alkanes of at least 4 members (excludes halogenated alkanes) is 1. The molecule has 0 aliphatic carbocycles. The van der Waals surface area contributed by atoms with Crippen molar-refractivity contribution in [2.75, 3.05) is 4.43 Å². The Morgan fingerprint density at radius 3 is 2.11 bits per heavy atom. The topological polar surface area (TPSA) is 69.7 Å². The van der Waals surface area contributed by atoms with Crippen LogP contribution in [0.2, 0.25) is 0 Å². The summed E-state index contributed by atoms with van der Waals surface area (Å²) in [5, 5.41) is 0. The molecule has 160 valence electrons. The van der Waals surface area contributed by atoms with E-state index in [0.717, 1.165) is 35.7 Å². The van der Waals surface area contributed by atoms with E-state index in [1.165, 1.54) is 6.92 Å². The number of halogens is 1. The van der Waals surface area contributed by atoms with Crippen molar-refractivity contribution in [1.82, 2.24) is 0 Å². The van der Waals surface area contributed by atoms with E-state index < -0.39 is 28.3 Å². The molecule has 0 heterocycles. The van der Waals surface area contributed by atoms with Crippen molar-refractivity contribution in [3.63, 3.8) is 0 Å². The fourth-order valence-electron chi connectivity index (χ4n) is 2.93. The Kier molecular flexibility index (Phi) is 11.6. The number of benzene rings is 1. The molecule has 0 N–H and O–H groups in total. The molecule has 0 fully saturated rings. The number of hydrogen-bond acceptors (Lipinski definition) is 5. The molecule has 0 saturated carbocycles. The van der Waals surface area contributed by atoms with Gasteiger partial charge in [-0.2, -0.15) is 8.42 Å². The Morgan fingerprint density at radius 2 is 1.57 bits per heavy atom. The summed E-state index contributed by atoms with van der Waals surface area (Å²) in [5.74, 6) is 0.181. The smallest absolute Gasteiger partial charge is 0.302 e. The van der Waals surface area contributed by atoms with Gasteiger partial charge in [0, 0.05) is 6.92 Å². The molecule has 0 saturated heterocycles. The largest absolute Gasteiger partial charge is 0.460 e. The maximum Gasteiger partial charge on any atom is 0.302 e. The van der Waals surface area contributed by atoms with Gasteiger partial charge < -0.3 is 4.74 Å². The Labute approximate surface area is 183 Å². The van der Waals surface area contributed by atoms with Gasteiger partial charge in [0.05, 0.1) is 4.90 Å². The number of aryl methyl sites for hydroxylation is 1. The first kappa shape index (κ1) is 25.4. The van der Waals surface area contributed by atoms with Crippen molar-refractivity contribution >= 4 is 38.7 Å². The Hall–Kier alpha value is -0.670. The second-order valence-electron chi connectivity index (χ2n) is 7.56. The summed E-state index contributed by atoms with van der Waals surface area (Å²) in [6, 6.07) is 6.58. The third-order valence-electron chi connectivity index (χ3n) is 4.43. The standard InChI is InChI=1S/C21H33IO5S/c1-16(2)8-5-6-9-21(20(10-7-15-22)26-18(4)23)27-28(24,25)19-13-11-17(3)12-14-19/h11-14,16,20-21H,5-10,15H2,1-4H3/t20-,21-/m0/s1. The van der Waals surface area contributed by atoms with Crippen LogP contribution in [0, 0.1) is 12.8 Å². The molecule has 0 unspecified atom stereocenters. The molecule has 1 rings (SSSR count). The van der Waals surface area contributed by atoms with Gasteiger partial charge in [-0.25, -0.2) is 0 Å². The molecule has 0 aliphatic rings. The molecule has 0 amide bonds. The van der Waals surface area contributed by atoms with E-state index in [1.54, 1.807) is 24.3 Å². The summed E-state index contributed by atoms with van der Waals surface area (Å²) in [7, 11) is -3.93. The number of alkyl halides is 1. The van der Waals surface area contributed by atoms with Crippen molar-refractivity contribution in [2.24, 2.45) is 5.92 Å². The lowest BCUT2D eigenvalue weighted by atomic mass is 10.00. The fraction of sp³-hybridized carbons (Fsp3) is 0.667. The average molecular weight is 524 g/mol. The second-order valence-corrected chi connectivity index (χ2v) is 10.2. The number of hydrogen-bond donors (Lipinski definition) is 0. The zero-order valence-electron chi connectivity index (χ0n) is 17.3. The van der Waals surface area contributed by atoms with Crippen molar-refractivity contribution in [3.8, 4) is 0 Å². The highest BCUT2D eigenvalue weighted by Crippen LogP contribution is 2.24. The summed E-state index contributed by atoms with van der Waals surface area (Å²) in [6.07, 6.45) is 3.60. The molecule has 7 heteroatoms. The van der Waals surface area contributed by atoms with Gasteiger partial charge in [-0.1, -0.05) is 73.4 Å². The SMILES string of the molecule is CC(=O)O[C@@H](CCCI)[C@H](CCCCC(C)C)OS(=O)(=O)c1ccc(C)cc1. The highest BCUT2D eigenvalue weighted by atomic mass is 127. The summed E-state index contributed by atoms with van der Waals surface area (Å²) >= 11 is 2.26. The number of ether oxygens (including phenoxy) is 1. The highest BCUT2D eigenvalue weighted by molar-refractivity contribution is 14.1. The third kappa shape index (κ3) is 9.69. The van der Waals surface area contributed by atoms with E-state index >= 15 is 0 Å². The minimum Gasteiger partial charge on any atom is -0.460 e. The van der Waals surface area contributed by atoms with Crippen LogP contribution in [0.25, 0.3) is 0 Å². The minimum absolute atomic E-state index is 0.126. The van der Waals surface area contributed by atoms with E-state index in [1.807, 2.05) is 6.92 Å². The van der Waals surface area contributed by atoms with Crippen molar-refractivity contribution in [3.05, 3.63) is 29.8 Å². The summed E-state index contributed by atoms with van der Waals surface area (Å²) in [6.45, 7) is 7.58. The van der Waals surface area contributed by atoms with Crippen LogP contribution in [0.15, 0.2) is 29.2 Å². The van der Waals surface area contributed by atoms with Crippen LogP contribution in [0.4, 0.5) is 0 Å². The van der Waals surface area contributed by atoms with E-state index in [-0.39, 0.29) is 4.90 Å². The lowest BCUT2D eigenvalue weighted by Crippen LogP contribution is -2.35. The van der Waals surface area contributed by atoms with Gasteiger partial charge in [0.15, 0.2) is 0 Å². The lowest BCUT2D eigenvalue weighted by molar-refractivity contribution is -0.151. The molecule has 1 aromatic carbocycles. The van der Waals surface area contributed by atoms with Crippen LogP contribution < -0.4 is 0 Å². The maximum atomic E-state index is 12.8. The first-order valence-electron chi connectivity index (χ1n) is 9.89. The lowest BCUT2D eigenvalue weighted by Gasteiger charge is -2.26. The van der Waals surface area contributed by atoms with Crippen LogP contribution in [0.5, 0.6) is 0 Å². The van der Waals surface area contributed by atoms with Gasteiger partial charge in [0.25, 0.3) is 10.1 Å². The zero-order valence-corrected chi connectivity index (χ0v) is 20.3. The molecular weight excluding hydrogens is 491 g/mol. The molecule has 2 atom stereocenters. The van der Waals surface area contributed by atoms with Crippen LogP contribution in [0.3, 0.4) is 0 Å². The van der Waals surface area contributed by atoms with Gasteiger partial charge >= 0.3 is 5.97 Å². The number of carbonyl (C=O) groups is 1. The van der Waals surface area contributed by atoms with E-state index in [9.17, 15) is 13.2 Å². The van der Waals surface area contributed by atoms with Crippen molar-refractivity contribution in [2.45, 2.75) is 83.3 Å². The fourth-order valence-corrected chi connectivity index (χ4v) is 4.50. The monoisotopic (exact) mass is 524 g/mol. The second kappa shape index (κ2) is 12.8. The Morgan fingerprint density at radius 1 is 1.00 bits per heavy atom. The van der Waals surface area contributed by atoms with E-state index in [0.29, 0.717) is 18.8 Å². The minimum atomic E-state index is -3.93. The molecule has 0 aliphatic heterocycles. The molecule has 0 radical (unpaired) electrons. The predicted molar refractivity (Wildman–Crippen MR) is 120 cm³/mol. The summed E-state index contributed by atoms with van der Waals surface area (Å²) in [4.78, 5) is 11.7. The molecule has 28 heavy (non-hydrogen) atoms. The van der Waals surface area contributed by atoms with Gasteiger partial charge in [-0.05, 0) is 48.7 Å². The quantitative estimate of drug-likeness (QED) is 0.113. The number of esters is 1.